The number of aliphatic hydroxyl groups excluding tert-OH is 4. The number of anilines is 1. The van der Waals surface area contributed by atoms with Crippen LogP contribution in [0.25, 0.3) is 0 Å². The van der Waals surface area contributed by atoms with Gasteiger partial charge in [0.1, 0.15) is 18.3 Å². The molecule has 166 valence electrons. The van der Waals surface area contributed by atoms with Crippen LogP contribution in [0.2, 0.25) is 0 Å². The fraction of sp³-hybridized carbons (Fsp3) is 0.545. The number of hydrogen-bond donors (Lipinski definition) is 4. The fourth-order valence-electron chi connectivity index (χ4n) is 3.59. The maximum atomic E-state index is 10.8. The SMILES string of the molecule is OC[C@@H](O)[C@H]1OCCCCOCc2ccccc2N(Cc2ccoc2)C[C@@H](O)[C@H]1O. The molecular weight excluding hydrogens is 390 g/mol. The monoisotopic (exact) mass is 421 g/mol. The van der Waals surface area contributed by atoms with Crippen molar-refractivity contribution in [3.63, 3.8) is 0 Å². The standard InChI is InChI=1S/C22H31NO7/c24-13-20(26)22-21(27)19(25)12-23(11-16-7-10-29-14-16)18-6-2-1-5-17(18)15-28-8-3-4-9-30-22/h1-2,5-7,10,14,19-22,24-27H,3-4,8-9,11-13,15H2/t19-,20-,21-,22-/m1/s1. The van der Waals surface area contributed by atoms with E-state index in [0.29, 0.717) is 26.2 Å². The van der Waals surface area contributed by atoms with Crippen molar-refractivity contribution in [1.82, 2.24) is 0 Å². The molecule has 0 aliphatic carbocycles. The van der Waals surface area contributed by atoms with Crippen LogP contribution in [-0.2, 0) is 22.6 Å². The summed E-state index contributed by atoms with van der Waals surface area (Å²) < 4.78 is 16.6. The van der Waals surface area contributed by atoms with E-state index in [1.54, 1.807) is 12.5 Å². The molecule has 0 radical (unpaired) electrons. The highest BCUT2D eigenvalue weighted by Gasteiger charge is 2.34. The van der Waals surface area contributed by atoms with E-state index < -0.39 is 31.0 Å². The first kappa shape index (κ1) is 22.7. The van der Waals surface area contributed by atoms with E-state index in [4.69, 9.17) is 13.9 Å². The van der Waals surface area contributed by atoms with Gasteiger partial charge in [0, 0.05) is 43.1 Å². The average molecular weight is 421 g/mol. The number of furan rings is 1. The summed E-state index contributed by atoms with van der Waals surface area (Å²) in [6.45, 7) is 1.23. The summed E-state index contributed by atoms with van der Waals surface area (Å²) >= 11 is 0. The molecule has 0 unspecified atom stereocenters. The molecule has 0 bridgehead atoms. The number of aliphatic hydroxyl groups is 4. The molecule has 8 heteroatoms. The predicted molar refractivity (Wildman–Crippen MR) is 110 cm³/mol. The lowest BCUT2D eigenvalue weighted by Gasteiger charge is -2.34. The zero-order valence-electron chi connectivity index (χ0n) is 17.0. The molecule has 4 N–H and O–H groups in total. The summed E-state index contributed by atoms with van der Waals surface area (Å²) in [5.41, 5.74) is 2.77. The molecule has 0 fully saturated rings. The van der Waals surface area contributed by atoms with Gasteiger partial charge in [0.05, 0.1) is 31.8 Å². The Morgan fingerprint density at radius 1 is 1.10 bits per heavy atom. The third-order valence-electron chi connectivity index (χ3n) is 5.24. The van der Waals surface area contributed by atoms with Crippen molar-refractivity contribution in [2.45, 2.75) is 50.4 Å². The highest BCUT2D eigenvalue weighted by Crippen LogP contribution is 2.25. The van der Waals surface area contributed by atoms with E-state index in [-0.39, 0.29) is 13.2 Å². The molecule has 0 saturated heterocycles. The van der Waals surface area contributed by atoms with Gasteiger partial charge in [-0.25, -0.2) is 0 Å². The predicted octanol–water partition coefficient (Wildman–Crippen LogP) is 1.06. The molecule has 3 rings (SSSR count). The van der Waals surface area contributed by atoms with Crippen LogP contribution >= 0.6 is 0 Å². The zero-order chi connectivity index (χ0) is 21.3. The van der Waals surface area contributed by atoms with Crippen molar-refractivity contribution in [3.8, 4) is 0 Å². The van der Waals surface area contributed by atoms with E-state index in [0.717, 1.165) is 23.2 Å². The molecule has 30 heavy (non-hydrogen) atoms. The maximum Gasteiger partial charge on any atom is 0.114 e. The van der Waals surface area contributed by atoms with Gasteiger partial charge in [-0.1, -0.05) is 18.2 Å². The summed E-state index contributed by atoms with van der Waals surface area (Å²) in [5, 5.41) is 41.0. The minimum atomic E-state index is -1.37. The number of fused-ring (bicyclic) bond motifs is 1. The van der Waals surface area contributed by atoms with Crippen LogP contribution in [0.5, 0.6) is 0 Å². The number of hydrogen-bond acceptors (Lipinski definition) is 8. The molecule has 1 aromatic heterocycles. The van der Waals surface area contributed by atoms with Gasteiger partial charge in [0.15, 0.2) is 0 Å². The molecule has 2 heterocycles. The summed E-state index contributed by atoms with van der Waals surface area (Å²) in [6.07, 6.45) is -0.345. The topological polar surface area (TPSA) is 116 Å². The highest BCUT2D eigenvalue weighted by atomic mass is 16.5. The summed E-state index contributed by atoms with van der Waals surface area (Å²) in [6, 6.07) is 9.62. The van der Waals surface area contributed by atoms with Gasteiger partial charge in [-0.15, -0.1) is 0 Å². The number of rotatable bonds is 4. The first-order valence-corrected chi connectivity index (χ1v) is 10.3. The molecule has 0 saturated carbocycles. The van der Waals surface area contributed by atoms with Crippen LogP contribution < -0.4 is 4.90 Å². The molecule has 1 aliphatic rings. The maximum absolute atomic E-state index is 10.8. The van der Waals surface area contributed by atoms with Crippen LogP contribution in [0.15, 0.2) is 47.3 Å². The quantitative estimate of drug-likeness (QED) is 0.579. The Hall–Kier alpha value is -1.94. The zero-order valence-corrected chi connectivity index (χ0v) is 17.0. The van der Waals surface area contributed by atoms with Gasteiger partial charge in [-0.05, 0) is 25.0 Å². The van der Waals surface area contributed by atoms with Gasteiger partial charge < -0.3 is 39.2 Å². The number of ether oxygens (including phenoxy) is 2. The van der Waals surface area contributed by atoms with Gasteiger partial charge >= 0.3 is 0 Å². The van der Waals surface area contributed by atoms with Crippen LogP contribution in [0.3, 0.4) is 0 Å². The first-order chi connectivity index (χ1) is 14.6. The lowest BCUT2D eigenvalue weighted by atomic mass is 10.0. The molecule has 0 spiro atoms. The lowest BCUT2D eigenvalue weighted by Crippen LogP contribution is -2.51. The molecule has 1 aliphatic heterocycles. The summed E-state index contributed by atoms with van der Waals surface area (Å²) in [7, 11) is 0. The molecule has 2 aromatic rings. The van der Waals surface area contributed by atoms with E-state index in [9.17, 15) is 20.4 Å². The normalized spacial score (nSPS) is 25.3. The minimum Gasteiger partial charge on any atom is -0.472 e. The van der Waals surface area contributed by atoms with E-state index >= 15 is 0 Å². The Labute approximate surface area is 176 Å². The van der Waals surface area contributed by atoms with Crippen LogP contribution in [-0.4, -0.2) is 71.2 Å². The highest BCUT2D eigenvalue weighted by molar-refractivity contribution is 5.54. The molecule has 1 aromatic carbocycles. The van der Waals surface area contributed by atoms with E-state index in [1.165, 1.54) is 0 Å². The smallest absolute Gasteiger partial charge is 0.114 e. The second kappa shape index (κ2) is 11.5. The van der Waals surface area contributed by atoms with Crippen LogP contribution in [0.1, 0.15) is 24.0 Å². The Kier molecular flexibility index (Phi) is 8.68. The van der Waals surface area contributed by atoms with Gasteiger partial charge in [0.25, 0.3) is 0 Å². The summed E-state index contributed by atoms with van der Waals surface area (Å²) in [5.74, 6) is 0. The van der Waals surface area contributed by atoms with Crippen molar-refractivity contribution in [2.75, 3.05) is 31.3 Å². The summed E-state index contributed by atoms with van der Waals surface area (Å²) in [4.78, 5) is 1.94. The molecule has 4 atom stereocenters. The first-order valence-electron chi connectivity index (χ1n) is 10.3. The molecule has 0 amide bonds. The van der Waals surface area contributed by atoms with Crippen molar-refractivity contribution < 1.29 is 34.3 Å². The van der Waals surface area contributed by atoms with Gasteiger partial charge in [-0.2, -0.15) is 0 Å². The fourth-order valence-corrected chi connectivity index (χ4v) is 3.59. The van der Waals surface area contributed by atoms with Crippen molar-refractivity contribution in [3.05, 3.63) is 54.0 Å². The number of benzene rings is 1. The van der Waals surface area contributed by atoms with E-state index in [2.05, 4.69) is 0 Å². The van der Waals surface area contributed by atoms with E-state index in [1.807, 2.05) is 35.2 Å². The second-order valence-electron chi connectivity index (χ2n) is 7.54. The van der Waals surface area contributed by atoms with Gasteiger partial charge in [-0.3, -0.25) is 0 Å². The largest absolute Gasteiger partial charge is 0.472 e. The minimum absolute atomic E-state index is 0.0847. The Morgan fingerprint density at radius 3 is 2.67 bits per heavy atom. The number of para-hydroxylation sites is 1. The number of β-amino-alcohol motifs (C(OH)–C–C–N with tert-alkyl or cyclic N) is 1. The Bertz CT molecular complexity index is 739. The third-order valence-corrected chi connectivity index (χ3v) is 5.24. The Morgan fingerprint density at radius 2 is 1.90 bits per heavy atom. The van der Waals surface area contributed by atoms with Crippen molar-refractivity contribution in [2.24, 2.45) is 0 Å². The van der Waals surface area contributed by atoms with Crippen LogP contribution in [0, 0.1) is 0 Å². The lowest BCUT2D eigenvalue weighted by molar-refractivity contribution is -0.141. The third kappa shape index (κ3) is 6.04. The average Bonchev–Trinajstić information content (AvgIpc) is 3.27. The van der Waals surface area contributed by atoms with Crippen molar-refractivity contribution in [1.29, 1.82) is 0 Å². The molecular formula is C22H31NO7. The molecule has 8 nitrogen and oxygen atoms in total. The van der Waals surface area contributed by atoms with Gasteiger partial charge in [0.2, 0.25) is 0 Å². The van der Waals surface area contributed by atoms with Crippen LogP contribution in [0.4, 0.5) is 5.69 Å². The second-order valence-corrected chi connectivity index (χ2v) is 7.54. The van der Waals surface area contributed by atoms with Crippen molar-refractivity contribution >= 4 is 5.69 Å². The Balaban J connectivity index is 1.89. The number of nitrogens with zero attached hydrogens (tertiary/aromatic N) is 1.